The molecule has 142 valence electrons. The van der Waals surface area contributed by atoms with Gasteiger partial charge in [0.15, 0.2) is 5.78 Å². The van der Waals surface area contributed by atoms with Gasteiger partial charge in [-0.1, -0.05) is 28.1 Å². The average molecular weight is 440 g/mol. The molecular weight excluding hydrogens is 422 g/mol. The molecule has 0 saturated heterocycles. The van der Waals surface area contributed by atoms with Crippen molar-refractivity contribution in [2.75, 3.05) is 5.32 Å². The van der Waals surface area contributed by atoms with E-state index in [9.17, 15) is 14.7 Å². The van der Waals surface area contributed by atoms with Crippen LogP contribution in [-0.4, -0.2) is 22.0 Å². The lowest BCUT2D eigenvalue weighted by Gasteiger charge is -2.20. The van der Waals surface area contributed by atoms with Gasteiger partial charge in [-0.25, -0.2) is 4.79 Å². The second-order valence-electron chi connectivity index (χ2n) is 6.31. The maximum atomic E-state index is 12.7. The van der Waals surface area contributed by atoms with Crippen LogP contribution in [0.25, 0.3) is 0 Å². The number of phenols is 1. The zero-order valence-corrected chi connectivity index (χ0v) is 16.4. The highest BCUT2D eigenvalue weighted by Gasteiger charge is 2.18. The molecule has 0 spiro atoms. The molecular formula is C22H18BrNO4. The number of aromatic carboxylic acids is 1. The minimum Gasteiger partial charge on any atom is -0.508 e. The van der Waals surface area contributed by atoms with Crippen LogP contribution in [0.3, 0.4) is 0 Å². The number of carboxylic acids is 1. The third-order valence-corrected chi connectivity index (χ3v) is 4.85. The van der Waals surface area contributed by atoms with Crippen LogP contribution < -0.4 is 5.32 Å². The van der Waals surface area contributed by atoms with Crippen molar-refractivity contribution < 1.29 is 19.8 Å². The summed E-state index contributed by atoms with van der Waals surface area (Å²) in [5.74, 6) is -0.946. The maximum Gasteiger partial charge on any atom is 0.335 e. The highest BCUT2D eigenvalue weighted by molar-refractivity contribution is 9.10. The second-order valence-corrected chi connectivity index (χ2v) is 7.22. The summed E-state index contributed by atoms with van der Waals surface area (Å²) >= 11 is 3.41. The Bertz CT molecular complexity index is 967. The molecule has 0 fully saturated rings. The monoisotopic (exact) mass is 439 g/mol. The molecule has 1 unspecified atom stereocenters. The Balaban J connectivity index is 1.84. The van der Waals surface area contributed by atoms with E-state index >= 15 is 0 Å². The average Bonchev–Trinajstić information content (AvgIpc) is 2.69. The molecule has 3 aromatic rings. The van der Waals surface area contributed by atoms with Gasteiger partial charge in [0.05, 0.1) is 11.6 Å². The van der Waals surface area contributed by atoms with Gasteiger partial charge in [0.25, 0.3) is 0 Å². The van der Waals surface area contributed by atoms with Crippen LogP contribution in [0.1, 0.15) is 38.7 Å². The van der Waals surface area contributed by atoms with E-state index < -0.39 is 5.97 Å². The normalized spacial score (nSPS) is 11.6. The van der Waals surface area contributed by atoms with Gasteiger partial charge in [-0.15, -0.1) is 0 Å². The van der Waals surface area contributed by atoms with E-state index in [1.165, 1.54) is 24.3 Å². The highest BCUT2D eigenvalue weighted by Crippen LogP contribution is 2.26. The van der Waals surface area contributed by atoms with E-state index in [0.717, 1.165) is 15.7 Å². The first-order chi connectivity index (χ1) is 13.4. The molecule has 3 N–H and O–H groups in total. The standard InChI is InChI=1S/C22H18BrNO4/c23-17-7-1-14(2-8-17)20(13-21(26)15-5-11-19(25)12-6-15)24-18-9-3-16(4-10-18)22(27)28/h1-12,20,24-25H,13H2,(H,27,28). The number of benzene rings is 3. The van der Waals surface area contributed by atoms with E-state index in [4.69, 9.17) is 5.11 Å². The number of anilines is 1. The van der Waals surface area contributed by atoms with Crippen molar-refractivity contribution >= 4 is 33.4 Å². The van der Waals surface area contributed by atoms with Gasteiger partial charge in [0.1, 0.15) is 5.75 Å². The van der Waals surface area contributed by atoms with Crippen LogP contribution in [-0.2, 0) is 0 Å². The van der Waals surface area contributed by atoms with Crippen molar-refractivity contribution in [3.63, 3.8) is 0 Å². The fourth-order valence-corrected chi connectivity index (χ4v) is 3.07. The number of carbonyl (C=O) groups is 2. The molecule has 3 rings (SSSR count). The number of rotatable bonds is 7. The number of nitrogens with one attached hydrogen (secondary N) is 1. The quantitative estimate of drug-likeness (QED) is 0.436. The SMILES string of the molecule is O=C(O)c1ccc(NC(CC(=O)c2ccc(O)cc2)c2ccc(Br)cc2)cc1. The molecule has 0 radical (unpaired) electrons. The van der Waals surface area contributed by atoms with Crippen LogP contribution in [0.2, 0.25) is 0 Å². The fourth-order valence-electron chi connectivity index (χ4n) is 2.81. The molecule has 28 heavy (non-hydrogen) atoms. The molecule has 0 aliphatic heterocycles. The van der Waals surface area contributed by atoms with Gasteiger partial charge in [-0.2, -0.15) is 0 Å². The van der Waals surface area contributed by atoms with Crippen LogP contribution in [0.5, 0.6) is 5.75 Å². The summed E-state index contributed by atoms with van der Waals surface area (Å²) in [6, 6.07) is 19.9. The zero-order chi connectivity index (χ0) is 20.1. The minimum atomic E-state index is -0.987. The summed E-state index contributed by atoms with van der Waals surface area (Å²) in [7, 11) is 0. The minimum absolute atomic E-state index is 0.0671. The van der Waals surface area contributed by atoms with Crippen LogP contribution in [0.15, 0.2) is 77.3 Å². The first-order valence-corrected chi connectivity index (χ1v) is 9.39. The summed E-state index contributed by atoms with van der Waals surface area (Å²) in [6.45, 7) is 0. The number of aromatic hydroxyl groups is 1. The lowest BCUT2D eigenvalue weighted by molar-refractivity contribution is 0.0696. The Morgan fingerprint density at radius 1 is 0.857 bits per heavy atom. The Morgan fingerprint density at radius 2 is 1.43 bits per heavy atom. The summed E-state index contributed by atoms with van der Waals surface area (Å²) in [6.07, 6.45) is 0.201. The maximum absolute atomic E-state index is 12.7. The number of hydrogen-bond donors (Lipinski definition) is 3. The predicted octanol–water partition coefficient (Wildman–Crippen LogP) is 5.28. The number of carboxylic acid groups (broad SMARTS) is 1. The van der Waals surface area contributed by atoms with Gasteiger partial charge < -0.3 is 15.5 Å². The first kappa shape index (κ1) is 19.6. The summed E-state index contributed by atoms with van der Waals surface area (Å²) in [5, 5.41) is 21.8. The molecule has 0 saturated carbocycles. The number of halogens is 1. The summed E-state index contributed by atoms with van der Waals surface area (Å²) in [4.78, 5) is 23.8. The zero-order valence-electron chi connectivity index (χ0n) is 14.8. The molecule has 5 nitrogen and oxygen atoms in total. The van der Waals surface area contributed by atoms with Crippen molar-refractivity contribution in [1.29, 1.82) is 0 Å². The molecule has 0 aliphatic carbocycles. The Hall–Kier alpha value is -3.12. The summed E-state index contributed by atoms with van der Waals surface area (Å²) in [5.41, 5.74) is 2.36. The predicted molar refractivity (Wildman–Crippen MR) is 111 cm³/mol. The topological polar surface area (TPSA) is 86.6 Å². The third kappa shape index (κ3) is 4.98. The fraction of sp³-hybridized carbons (Fsp3) is 0.0909. The van der Waals surface area contributed by atoms with E-state index in [2.05, 4.69) is 21.2 Å². The Labute approximate surface area is 170 Å². The van der Waals surface area contributed by atoms with Gasteiger partial charge in [0.2, 0.25) is 0 Å². The van der Waals surface area contributed by atoms with Crippen LogP contribution in [0.4, 0.5) is 5.69 Å². The van der Waals surface area contributed by atoms with Crippen molar-refractivity contribution in [2.45, 2.75) is 12.5 Å². The van der Waals surface area contributed by atoms with Crippen molar-refractivity contribution in [3.8, 4) is 5.75 Å². The van der Waals surface area contributed by atoms with Crippen molar-refractivity contribution in [3.05, 3.63) is 94.0 Å². The lowest BCUT2D eigenvalue weighted by Crippen LogP contribution is -2.16. The first-order valence-electron chi connectivity index (χ1n) is 8.60. The Morgan fingerprint density at radius 3 is 2.00 bits per heavy atom. The van der Waals surface area contributed by atoms with Gasteiger partial charge in [-0.3, -0.25) is 4.79 Å². The van der Waals surface area contributed by atoms with E-state index in [1.807, 2.05) is 24.3 Å². The summed E-state index contributed by atoms with van der Waals surface area (Å²) < 4.78 is 0.936. The molecule has 0 aliphatic rings. The van der Waals surface area contributed by atoms with E-state index in [0.29, 0.717) is 5.56 Å². The molecule has 3 aromatic carbocycles. The second kappa shape index (κ2) is 8.71. The van der Waals surface area contributed by atoms with Gasteiger partial charge in [0, 0.05) is 22.1 Å². The number of ketones is 1. The van der Waals surface area contributed by atoms with E-state index in [-0.39, 0.29) is 29.6 Å². The van der Waals surface area contributed by atoms with Crippen molar-refractivity contribution in [2.24, 2.45) is 0 Å². The largest absolute Gasteiger partial charge is 0.508 e. The van der Waals surface area contributed by atoms with Gasteiger partial charge >= 0.3 is 5.97 Å². The number of carbonyl (C=O) groups excluding carboxylic acids is 1. The van der Waals surface area contributed by atoms with Crippen molar-refractivity contribution in [1.82, 2.24) is 0 Å². The number of phenolic OH excluding ortho intramolecular Hbond substituents is 1. The van der Waals surface area contributed by atoms with Gasteiger partial charge in [-0.05, 0) is 66.2 Å². The molecule has 0 amide bonds. The smallest absolute Gasteiger partial charge is 0.335 e. The highest BCUT2D eigenvalue weighted by atomic mass is 79.9. The Kier molecular flexibility index (Phi) is 6.11. The lowest BCUT2D eigenvalue weighted by atomic mass is 9.97. The molecule has 0 bridgehead atoms. The number of Topliss-reactive ketones (excluding diaryl/α,β-unsaturated/α-hetero) is 1. The van der Waals surface area contributed by atoms with Crippen LogP contribution >= 0.6 is 15.9 Å². The number of hydrogen-bond acceptors (Lipinski definition) is 4. The van der Waals surface area contributed by atoms with E-state index in [1.54, 1.807) is 24.3 Å². The van der Waals surface area contributed by atoms with Crippen LogP contribution in [0, 0.1) is 0 Å². The molecule has 6 heteroatoms. The third-order valence-electron chi connectivity index (χ3n) is 4.32. The molecule has 0 heterocycles. The molecule has 0 aromatic heterocycles. The molecule has 1 atom stereocenters.